The highest BCUT2D eigenvalue weighted by atomic mass is 32.1. The Morgan fingerprint density at radius 3 is 2.34 bits per heavy atom. The lowest BCUT2D eigenvalue weighted by atomic mass is 9.95. The van der Waals surface area contributed by atoms with Crippen LogP contribution in [0.15, 0.2) is 54.6 Å². The number of nitrogens with one attached hydrogen (secondary N) is 1. The van der Waals surface area contributed by atoms with Gasteiger partial charge in [-0.15, -0.1) is 11.3 Å². The van der Waals surface area contributed by atoms with E-state index in [4.69, 9.17) is 0 Å². The average molecular weight is 409 g/mol. The quantitative estimate of drug-likeness (QED) is 0.566. The summed E-state index contributed by atoms with van der Waals surface area (Å²) < 4.78 is 13.6. The molecule has 150 valence electrons. The Kier molecular flexibility index (Phi) is 5.79. The van der Waals surface area contributed by atoms with Crippen molar-refractivity contribution >= 4 is 22.2 Å². The van der Waals surface area contributed by atoms with Crippen molar-refractivity contribution in [1.82, 2.24) is 4.90 Å². The third-order valence-electron chi connectivity index (χ3n) is 5.66. The second kappa shape index (κ2) is 8.47. The van der Waals surface area contributed by atoms with Gasteiger partial charge in [0, 0.05) is 16.0 Å². The minimum atomic E-state index is -0.232. The Hall–Kier alpha value is -2.50. The van der Waals surface area contributed by atoms with Gasteiger partial charge in [0.2, 0.25) is 0 Å². The molecule has 1 N–H and O–H groups in total. The maximum Gasteiger partial charge on any atom is 0.256 e. The van der Waals surface area contributed by atoms with E-state index in [0.717, 1.165) is 42.1 Å². The largest absolute Gasteiger partial charge is 0.313 e. The third kappa shape index (κ3) is 4.11. The highest BCUT2D eigenvalue weighted by Crippen LogP contribution is 2.43. The van der Waals surface area contributed by atoms with Crippen LogP contribution in [0.25, 0.3) is 0 Å². The molecular formula is C24H25FN2OS. The van der Waals surface area contributed by atoms with Crippen LogP contribution in [0.2, 0.25) is 0 Å². The normalized spacial score (nSPS) is 15.4. The van der Waals surface area contributed by atoms with Crippen LogP contribution in [0.5, 0.6) is 0 Å². The van der Waals surface area contributed by atoms with Crippen molar-refractivity contribution in [2.75, 3.05) is 18.4 Å². The number of thiophene rings is 1. The van der Waals surface area contributed by atoms with Crippen molar-refractivity contribution in [3.05, 3.63) is 87.5 Å². The van der Waals surface area contributed by atoms with Crippen LogP contribution in [0.3, 0.4) is 0 Å². The van der Waals surface area contributed by atoms with Crippen molar-refractivity contribution < 1.29 is 9.18 Å². The van der Waals surface area contributed by atoms with Crippen LogP contribution >= 0.6 is 11.3 Å². The van der Waals surface area contributed by atoms with Gasteiger partial charge in [-0.2, -0.15) is 0 Å². The minimum Gasteiger partial charge on any atom is -0.313 e. The molecule has 1 aliphatic rings. The van der Waals surface area contributed by atoms with Crippen LogP contribution in [0, 0.1) is 19.7 Å². The van der Waals surface area contributed by atoms with Crippen molar-refractivity contribution in [3.63, 3.8) is 0 Å². The van der Waals surface area contributed by atoms with Crippen LogP contribution < -0.4 is 5.32 Å². The number of likely N-dealkylation sites (tertiary alicyclic amines) is 1. The smallest absolute Gasteiger partial charge is 0.256 e. The van der Waals surface area contributed by atoms with Gasteiger partial charge in [0.1, 0.15) is 10.8 Å². The Morgan fingerprint density at radius 2 is 1.69 bits per heavy atom. The van der Waals surface area contributed by atoms with E-state index < -0.39 is 0 Å². The molecule has 0 unspecified atom stereocenters. The number of carbonyl (C=O) groups excluding carboxylic acids is 1. The number of anilines is 1. The number of carbonyl (C=O) groups is 1. The van der Waals surface area contributed by atoms with Crippen LogP contribution in [0.4, 0.5) is 9.39 Å². The molecule has 0 spiro atoms. The highest BCUT2D eigenvalue weighted by molar-refractivity contribution is 7.16. The molecule has 0 bridgehead atoms. The van der Waals surface area contributed by atoms with Crippen molar-refractivity contribution in [1.29, 1.82) is 0 Å². The van der Waals surface area contributed by atoms with E-state index in [1.807, 2.05) is 42.5 Å². The summed E-state index contributed by atoms with van der Waals surface area (Å²) in [5.74, 6) is -0.336. The molecule has 0 aliphatic carbocycles. The van der Waals surface area contributed by atoms with E-state index in [1.54, 1.807) is 11.3 Å². The van der Waals surface area contributed by atoms with Gasteiger partial charge in [-0.3, -0.25) is 9.69 Å². The lowest BCUT2D eigenvalue weighted by Crippen LogP contribution is -2.28. The number of hydrogen-bond acceptors (Lipinski definition) is 3. The van der Waals surface area contributed by atoms with Gasteiger partial charge in [-0.25, -0.2) is 4.39 Å². The van der Waals surface area contributed by atoms with Crippen LogP contribution in [0.1, 0.15) is 50.8 Å². The monoisotopic (exact) mass is 408 g/mol. The maximum atomic E-state index is 13.6. The highest BCUT2D eigenvalue weighted by Gasteiger charge is 2.31. The third-order valence-corrected chi connectivity index (χ3v) is 6.80. The van der Waals surface area contributed by atoms with Gasteiger partial charge in [0.15, 0.2) is 0 Å². The summed E-state index contributed by atoms with van der Waals surface area (Å²) in [5, 5.41) is 4.04. The fourth-order valence-corrected chi connectivity index (χ4v) is 5.12. The summed E-state index contributed by atoms with van der Waals surface area (Å²) in [7, 11) is 0. The predicted octanol–water partition coefficient (Wildman–Crippen LogP) is 5.94. The van der Waals surface area contributed by atoms with Gasteiger partial charge >= 0.3 is 0 Å². The van der Waals surface area contributed by atoms with Crippen molar-refractivity contribution in [2.45, 2.75) is 32.7 Å². The molecule has 2 aromatic carbocycles. The number of halogens is 1. The molecule has 3 aromatic rings. The topological polar surface area (TPSA) is 32.3 Å². The fourth-order valence-electron chi connectivity index (χ4n) is 4.04. The van der Waals surface area contributed by atoms with Crippen molar-refractivity contribution in [3.8, 4) is 0 Å². The SMILES string of the molecule is Cc1sc(NC(=O)c2ccccc2)c([C@@H](c2ccc(F)cc2)N2CCCC2)c1C. The van der Waals surface area contributed by atoms with E-state index in [2.05, 4.69) is 24.1 Å². The molecule has 5 heteroatoms. The first-order valence-electron chi connectivity index (χ1n) is 10.0. The number of benzene rings is 2. The molecule has 0 saturated carbocycles. The molecule has 1 saturated heterocycles. The zero-order valence-electron chi connectivity index (χ0n) is 16.7. The zero-order valence-corrected chi connectivity index (χ0v) is 17.6. The molecule has 2 heterocycles. The summed E-state index contributed by atoms with van der Waals surface area (Å²) in [6.07, 6.45) is 2.32. The van der Waals surface area contributed by atoms with Crippen LogP contribution in [-0.2, 0) is 0 Å². The first-order valence-corrected chi connectivity index (χ1v) is 10.8. The Labute approximate surface area is 175 Å². The standard InChI is InChI=1S/C24H25FN2OS/c1-16-17(2)29-24(26-23(28)19-8-4-3-5-9-19)21(16)22(27-14-6-7-15-27)18-10-12-20(25)13-11-18/h3-5,8-13,22H,6-7,14-15H2,1-2H3,(H,26,28)/t22-/m1/s1. The first kappa shape index (κ1) is 19.8. The maximum absolute atomic E-state index is 13.6. The van der Waals surface area contributed by atoms with E-state index >= 15 is 0 Å². The van der Waals surface area contributed by atoms with E-state index in [0.29, 0.717) is 5.56 Å². The molecule has 0 radical (unpaired) electrons. The minimum absolute atomic E-state index is 0.00845. The average Bonchev–Trinajstić information content (AvgIpc) is 3.35. The van der Waals surface area contributed by atoms with Gasteiger partial charge < -0.3 is 5.32 Å². The van der Waals surface area contributed by atoms with Crippen molar-refractivity contribution in [2.24, 2.45) is 0 Å². The number of aryl methyl sites for hydroxylation is 1. The predicted molar refractivity (Wildman–Crippen MR) is 117 cm³/mol. The number of amides is 1. The van der Waals surface area contributed by atoms with E-state index in [1.165, 1.54) is 22.6 Å². The number of nitrogens with zero attached hydrogens (tertiary/aromatic N) is 1. The van der Waals surface area contributed by atoms with Gasteiger partial charge in [-0.1, -0.05) is 30.3 Å². The number of hydrogen-bond donors (Lipinski definition) is 1. The van der Waals surface area contributed by atoms with Gasteiger partial charge in [0.25, 0.3) is 5.91 Å². The molecule has 3 nitrogen and oxygen atoms in total. The lowest BCUT2D eigenvalue weighted by molar-refractivity contribution is 0.102. The van der Waals surface area contributed by atoms with Gasteiger partial charge in [-0.05, 0) is 75.2 Å². The summed E-state index contributed by atoms with van der Waals surface area (Å²) in [6.45, 7) is 6.21. The van der Waals surface area contributed by atoms with Gasteiger partial charge in [0.05, 0.1) is 6.04 Å². The second-order valence-corrected chi connectivity index (χ2v) is 8.77. The zero-order chi connectivity index (χ0) is 20.4. The number of rotatable bonds is 5. The summed E-state index contributed by atoms with van der Waals surface area (Å²) in [6, 6.07) is 16.1. The lowest BCUT2D eigenvalue weighted by Gasteiger charge is -2.29. The second-order valence-electron chi connectivity index (χ2n) is 7.54. The first-order chi connectivity index (χ1) is 14.0. The Balaban J connectivity index is 1.76. The molecule has 1 amide bonds. The molecular weight excluding hydrogens is 383 g/mol. The molecule has 1 aromatic heterocycles. The summed E-state index contributed by atoms with van der Waals surface area (Å²) >= 11 is 1.62. The Morgan fingerprint density at radius 1 is 1.03 bits per heavy atom. The van der Waals surface area contributed by atoms with E-state index in [-0.39, 0.29) is 17.8 Å². The Bertz CT molecular complexity index is 992. The summed E-state index contributed by atoms with van der Waals surface area (Å²) in [4.78, 5) is 16.5. The molecule has 1 atom stereocenters. The molecule has 1 aliphatic heterocycles. The molecule has 29 heavy (non-hydrogen) atoms. The molecule has 1 fully saturated rings. The van der Waals surface area contributed by atoms with E-state index in [9.17, 15) is 9.18 Å². The van der Waals surface area contributed by atoms with Crippen LogP contribution in [-0.4, -0.2) is 23.9 Å². The fraction of sp³-hybridized carbons (Fsp3) is 0.292. The summed E-state index contributed by atoms with van der Waals surface area (Å²) in [5.41, 5.74) is 4.02. The molecule has 4 rings (SSSR count).